The molecule has 0 aromatic heterocycles. The lowest BCUT2D eigenvalue weighted by molar-refractivity contribution is -0.139. The van der Waals surface area contributed by atoms with E-state index >= 15 is 0 Å². The number of hydrogen-bond acceptors (Lipinski definition) is 5. The number of hydrogen-bond donors (Lipinski definition) is 2. The van der Waals surface area contributed by atoms with Crippen LogP contribution in [-0.4, -0.2) is 31.7 Å². The zero-order valence-corrected chi connectivity index (χ0v) is 16.3. The van der Waals surface area contributed by atoms with Crippen LogP contribution >= 0.6 is 11.6 Å². The third-order valence-electron chi connectivity index (χ3n) is 3.63. The number of para-hydroxylation sites is 1. The largest absolute Gasteiger partial charge is 0.493 e. The van der Waals surface area contributed by atoms with E-state index < -0.39 is 17.6 Å². The van der Waals surface area contributed by atoms with Crippen LogP contribution in [0.4, 0.5) is 4.39 Å². The molecule has 0 saturated heterocycles. The second kappa shape index (κ2) is 10.8. The fourth-order valence-corrected chi connectivity index (χ4v) is 2.44. The molecule has 2 amide bonds. The maximum Gasteiger partial charge on any atom is 0.329 e. The van der Waals surface area contributed by atoms with Crippen molar-refractivity contribution < 1.29 is 23.5 Å². The van der Waals surface area contributed by atoms with Gasteiger partial charge in [-0.15, -0.1) is 6.58 Å². The summed E-state index contributed by atoms with van der Waals surface area (Å²) in [5, 5.41) is 6.30. The average Bonchev–Trinajstić information content (AvgIpc) is 2.72. The average molecular weight is 420 g/mol. The van der Waals surface area contributed by atoms with Crippen molar-refractivity contribution >= 4 is 29.6 Å². The Morgan fingerprint density at radius 2 is 2.00 bits per heavy atom. The Morgan fingerprint density at radius 3 is 2.69 bits per heavy atom. The molecular weight excluding hydrogens is 401 g/mol. The Hall–Kier alpha value is -3.39. The lowest BCUT2D eigenvalue weighted by Gasteiger charge is -2.14. The summed E-state index contributed by atoms with van der Waals surface area (Å²) in [6.07, 6.45) is 2.72. The maximum atomic E-state index is 14.0. The molecule has 9 heteroatoms. The molecule has 2 N–H and O–H groups in total. The lowest BCUT2D eigenvalue weighted by Crippen LogP contribution is -2.37. The second-order valence-corrected chi connectivity index (χ2v) is 5.97. The van der Waals surface area contributed by atoms with Crippen molar-refractivity contribution in [3.05, 3.63) is 71.0 Å². The number of halogens is 2. The van der Waals surface area contributed by atoms with Crippen molar-refractivity contribution in [3.8, 4) is 11.5 Å². The van der Waals surface area contributed by atoms with Crippen LogP contribution in [0.5, 0.6) is 11.5 Å². The van der Waals surface area contributed by atoms with Gasteiger partial charge in [-0.3, -0.25) is 9.59 Å². The minimum absolute atomic E-state index is 0.150. The highest BCUT2D eigenvalue weighted by Crippen LogP contribution is 2.31. The number of nitrogens with zero attached hydrogens (tertiary/aromatic N) is 1. The van der Waals surface area contributed by atoms with Crippen LogP contribution in [0.2, 0.25) is 5.02 Å². The summed E-state index contributed by atoms with van der Waals surface area (Å²) in [5.41, 5.74) is 2.73. The normalized spacial score (nSPS) is 10.4. The first-order chi connectivity index (χ1) is 14.0. The number of carbonyl (C=O) groups is 2. The highest BCUT2D eigenvalue weighted by Gasteiger charge is 2.14. The molecule has 0 unspecified atom stereocenters. The number of benzene rings is 2. The van der Waals surface area contributed by atoms with Crippen LogP contribution in [-0.2, 0) is 16.2 Å². The first kappa shape index (κ1) is 21.9. The molecule has 0 fully saturated rings. The molecule has 0 atom stereocenters. The number of methoxy groups -OCH3 is 1. The SMILES string of the molecule is C=CCNC(=O)C(=O)N/N=C\c1cccc(OC)c1OCc1c(F)cccc1Cl. The minimum atomic E-state index is -0.938. The third kappa shape index (κ3) is 6.05. The Bertz CT molecular complexity index is 914. The zero-order chi connectivity index (χ0) is 21.2. The number of ether oxygens (including phenoxy) is 2. The van der Waals surface area contributed by atoms with Crippen molar-refractivity contribution in [1.82, 2.24) is 10.7 Å². The molecule has 29 heavy (non-hydrogen) atoms. The van der Waals surface area contributed by atoms with Crippen molar-refractivity contribution in [2.45, 2.75) is 6.61 Å². The van der Waals surface area contributed by atoms with Gasteiger partial charge in [0.05, 0.1) is 18.3 Å². The zero-order valence-electron chi connectivity index (χ0n) is 15.6. The summed E-state index contributed by atoms with van der Waals surface area (Å²) in [6.45, 7) is 3.44. The number of nitrogens with one attached hydrogen (secondary N) is 2. The van der Waals surface area contributed by atoms with Crippen LogP contribution < -0.4 is 20.2 Å². The van der Waals surface area contributed by atoms with Gasteiger partial charge in [-0.1, -0.05) is 29.8 Å². The predicted octanol–water partition coefficient (Wildman–Crippen LogP) is 2.82. The van der Waals surface area contributed by atoms with E-state index in [1.165, 1.54) is 31.5 Å². The van der Waals surface area contributed by atoms with E-state index in [0.29, 0.717) is 11.3 Å². The van der Waals surface area contributed by atoms with E-state index in [-0.39, 0.29) is 29.5 Å². The molecule has 0 heterocycles. The van der Waals surface area contributed by atoms with Crippen molar-refractivity contribution in [2.75, 3.05) is 13.7 Å². The summed E-state index contributed by atoms with van der Waals surface area (Å²) in [5.74, 6) is -1.65. The van der Waals surface area contributed by atoms with Gasteiger partial charge >= 0.3 is 11.8 Å². The first-order valence-electron chi connectivity index (χ1n) is 8.42. The first-order valence-corrected chi connectivity index (χ1v) is 8.80. The monoisotopic (exact) mass is 419 g/mol. The summed E-state index contributed by atoms with van der Waals surface area (Å²) < 4.78 is 25.0. The molecule has 0 bridgehead atoms. The van der Waals surface area contributed by atoms with Crippen molar-refractivity contribution in [1.29, 1.82) is 0 Å². The van der Waals surface area contributed by atoms with Gasteiger partial charge in [-0.05, 0) is 24.3 Å². The van der Waals surface area contributed by atoms with E-state index in [2.05, 4.69) is 22.4 Å². The molecule has 2 aromatic rings. The summed E-state index contributed by atoms with van der Waals surface area (Å²) in [7, 11) is 1.45. The minimum Gasteiger partial charge on any atom is -0.493 e. The number of hydrazone groups is 1. The molecular formula is C20H19ClFN3O4. The molecule has 0 radical (unpaired) electrons. The van der Waals surface area contributed by atoms with Crippen LogP contribution in [0.25, 0.3) is 0 Å². The smallest absolute Gasteiger partial charge is 0.329 e. The maximum absolute atomic E-state index is 14.0. The third-order valence-corrected chi connectivity index (χ3v) is 3.99. The Morgan fingerprint density at radius 1 is 1.24 bits per heavy atom. The van der Waals surface area contributed by atoms with Crippen LogP contribution in [0.3, 0.4) is 0 Å². The van der Waals surface area contributed by atoms with Crippen LogP contribution in [0.15, 0.2) is 54.2 Å². The fourth-order valence-electron chi connectivity index (χ4n) is 2.22. The van der Waals surface area contributed by atoms with Crippen LogP contribution in [0.1, 0.15) is 11.1 Å². The van der Waals surface area contributed by atoms with E-state index in [0.717, 1.165) is 0 Å². The molecule has 0 aliphatic heterocycles. The number of amides is 2. The van der Waals surface area contributed by atoms with E-state index in [4.69, 9.17) is 21.1 Å². The molecule has 2 rings (SSSR count). The van der Waals surface area contributed by atoms with Gasteiger partial charge in [0.15, 0.2) is 11.5 Å². The van der Waals surface area contributed by atoms with Gasteiger partial charge in [0, 0.05) is 17.7 Å². The summed E-state index contributed by atoms with van der Waals surface area (Å²) in [6, 6.07) is 9.31. The Labute approximate surface area is 172 Å². The second-order valence-electron chi connectivity index (χ2n) is 5.57. The molecule has 0 saturated carbocycles. The van der Waals surface area contributed by atoms with E-state index in [9.17, 15) is 14.0 Å². The highest BCUT2D eigenvalue weighted by atomic mass is 35.5. The van der Waals surface area contributed by atoms with Gasteiger partial charge in [0.1, 0.15) is 12.4 Å². The summed E-state index contributed by atoms with van der Waals surface area (Å²) >= 11 is 6.02. The molecule has 0 aliphatic rings. The van der Waals surface area contributed by atoms with Gasteiger partial charge < -0.3 is 14.8 Å². The Balaban J connectivity index is 2.15. The van der Waals surface area contributed by atoms with Crippen molar-refractivity contribution in [3.63, 3.8) is 0 Å². The lowest BCUT2D eigenvalue weighted by atomic mass is 10.2. The Kier molecular flexibility index (Phi) is 8.17. The fraction of sp³-hybridized carbons (Fsp3) is 0.150. The number of carbonyl (C=O) groups excluding carboxylic acids is 2. The molecule has 152 valence electrons. The summed E-state index contributed by atoms with van der Waals surface area (Å²) in [4.78, 5) is 23.1. The molecule has 7 nitrogen and oxygen atoms in total. The van der Waals surface area contributed by atoms with E-state index in [1.807, 2.05) is 0 Å². The number of rotatable bonds is 8. The molecule has 0 spiro atoms. The van der Waals surface area contributed by atoms with Crippen molar-refractivity contribution in [2.24, 2.45) is 5.10 Å². The standard InChI is InChI=1S/C20H19ClFN3O4/c1-3-10-23-19(26)20(27)25-24-11-13-6-4-9-17(28-2)18(13)29-12-14-15(21)7-5-8-16(14)22/h3-9,11H,1,10,12H2,2H3,(H,23,26)(H,25,27)/b24-11-. The van der Waals surface area contributed by atoms with E-state index in [1.54, 1.807) is 24.3 Å². The van der Waals surface area contributed by atoms with Gasteiger partial charge in [-0.2, -0.15) is 5.10 Å². The highest BCUT2D eigenvalue weighted by molar-refractivity contribution is 6.35. The van der Waals surface area contributed by atoms with Gasteiger partial charge in [0.2, 0.25) is 0 Å². The van der Waals surface area contributed by atoms with Gasteiger partial charge in [0.25, 0.3) is 0 Å². The predicted molar refractivity (Wildman–Crippen MR) is 108 cm³/mol. The van der Waals surface area contributed by atoms with Crippen LogP contribution in [0, 0.1) is 5.82 Å². The molecule has 0 aliphatic carbocycles. The quantitative estimate of drug-likeness (QED) is 0.298. The molecule has 2 aromatic carbocycles. The van der Waals surface area contributed by atoms with Gasteiger partial charge in [-0.25, -0.2) is 9.82 Å². The topological polar surface area (TPSA) is 89.0 Å².